The molecule has 35 heavy (non-hydrogen) atoms. The number of ketones is 1. The Labute approximate surface area is 210 Å². The van der Waals surface area contributed by atoms with Crippen molar-refractivity contribution in [2.24, 2.45) is 0 Å². The van der Waals surface area contributed by atoms with E-state index in [1.165, 1.54) is 12.0 Å². The third kappa shape index (κ3) is 4.44. The Balaban J connectivity index is 1.98. The van der Waals surface area contributed by atoms with E-state index < -0.39 is 17.7 Å². The van der Waals surface area contributed by atoms with Gasteiger partial charge < -0.3 is 9.84 Å². The molecular weight excluding hydrogens is 462 g/mol. The van der Waals surface area contributed by atoms with Gasteiger partial charge in [0.15, 0.2) is 0 Å². The minimum Gasteiger partial charge on any atom is -0.507 e. The molecule has 1 heterocycles. The van der Waals surface area contributed by atoms with Gasteiger partial charge >= 0.3 is 0 Å². The Hall–Kier alpha value is -3.57. The number of aryl methyl sites for hydroxylation is 2. The van der Waals surface area contributed by atoms with Crippen LogP contribution in [0.1, 0.15) is 53.6 Å². The number of anilines is 1. The molecule has 0 saturated carbocycles. The maximum absolute atomic E-state index is 13.4. The molecule has 0 aliphatic carbocycles. The van der Waals surface area contributed by atoms with Crippen molar-refractivity contribution in [2.75, 3.05) is 12.0 Å². The summed E-state index contributed by atoms with van der Waals surface area (Å²) in [6.45, 7) is 7.95. The van der Waals surface area contributed by atoms with Crippen molar-refractivity contribution in [3.05, 3.63) is 99.1 Å². The fourth-order valence-corrected chi connectivity index (χ4v) is 4.88. The molecule has 1 unspecified atom stereocenters. The number of hydrogen-bond donors (Lipinski definition) is 1. The molecule has 0 spiro atoms. The molecule has 1 fully saturated rings. The minimum atomic E-state index is -0.816. The average molecular weight is 490 g/mol. The van der Waals surface area contributed by atoms with Gasteiger partial charge in [0, 0.05) is 5.69 Å². The SMILES string of the molecule is COc1c(Cl)cc(C)cc1/C(O)=C1\C(=O)C(=O)N(c2ccc(C(C)C)cc2)C1c1cccc(C)c1. The Morgan fingerprint density at radius 3 is 2.29 bits per heavy atom. The zero-order valence-electron chi connectivity index (χ0n) is 20.4. The van der Waals surface area contributed by atoms with Crippen LogP contribution in [0.4, 0.5) is 5.69 Å². The lowest BCUT2D eigenvalue weighted by Crippen LogP contribution is -2.29. The fourth-order valence-electron chi connectivity index (χ4n) is 4.53. The number of carbonyl (C=O) groups is 2. The quantitative estimate of drug-likeness (QED) is 0.245. The first-order valence-electron chi connectivity index (χ1n) is 11.5. The van der Waals surface area contributed by atoms with E-state index in [2.05, 4.69) is 13.8 Å². The van der Waals surface area contributed by atoms with Gasteiger partial charge in [0.2, 0.25) is 0 Å². The van der Waals surface area contributed by atoms with Crippen LogP contribution in [0.3, 0.4) is 0 Å². The largest absolute Gasteiger partial charge is 0.507 e. The van der Waals surface area contributed by atoms with Crippen LogP contribution in [0.25, 0.3) is 5.76 Å². The van der Waals surface area contributed by atoms with E-state index in [0.29, 0.717) is 16.6 Å². The van der Waals surface area contributed by atoms with Crippen molar-refractivity contribution >= 4 is 34.7 Å². The number of benzene rings is 3. The molecule has 3 aromatic carbocycles. The molecule has 0 bridgehead atoms. The lowest BCUT2D eigenvalue weighted by Gasteiger charge is -2.26. The zero-order valence-corrected chi connectivity index (χ0v) is 21.2. The van der Waals surface area contributed by atoms with Crippen molar-refractivity contribution in [3.63, 3.8) is 0 Å². The van der Waals surface area contributed by atoms with Gasteiger partial charge in [0.25, 0.3) is 11.7 Å². The summed E-state index contributed by atoms with van der Waals surface area (Å²) in [7, 11) is 1.44. The van der Waals surface area contributed by atoms with Crippen LogP contribution in [0.5, 0.6) is 5.75 Å². The highest BCUT2D eigenvalue weighted by Gasteiger charge is 2.47. The summed E-state index contributed by atoms with van der Waals surface area (Å²) in [5.74, 6) is -1.22. The number of hydrogen-bond acceptors (Lipinski definition) is 4. The summed E-state index contributed by atoms with van der Waals surface area (Å²) in [6, 6.07) is 17.8. The Morgan fingerprint density at radius 2 is 1.69 bits per heavy atom. The highest BCUT2D eigenvalue weighted by Crippen LogP contribution is 2.44. The molecule has 5 nitrogen and oxygen atoms in total. The molecule has 0 aromatic heterocycles. The van der Waals surface area contributed by atoms with Gasteiger partial charge in [0.1, 0.15) is 11.5 Å². The van der Waals surface area contributed by atoms with Crippen LogP contribution < -0.4 is 9.64 Å². The normalized spacial score (nSPS) is 17.3. The first-order valence-corrected chi connectivity index (χ1v) is 11.8. The molecule has 1 amide bonds. The number of rotatable bonds is 5. The first kappa shape index (κ1) is 24.6. The van der Waals surface area contributed by atoms with Crippen molar-refractivity contribution in [3.8, 4) is 5.75 Å². The topological polar surface area (TPSA) is 66.8 Å². The zero-order chi connectivity index (χ0) is 25.4. The number of nitrogens with zero attached hydrogens (tertiary/aromatic N) is 1. The molecule has 1 atom stereocenters. The Bertz CT molecular complexity index is 1340. The van der Waals surface area contributed by atoms with Gasteiger partial charge in [-0.25, -0.2) is 0 Å². The van der Waals surface area contributed by atoms with Crippen LogP contribution in [0, 0.1) is 13.8 Å². The van der Waals surface area contributed by atoms with E-state index in [-0.39, 0.29) is 22.6 Å². The molecule has 0 radical (unpaired) electrons. The maximum Gasteiger partial charge on any atom is 0.300 e. The number of halogens is 1. The van der Waals surface area contributed by atoms with Crippen LogP contribution in [0.2, 0.25) is 5.02 Å². The number of methoxy groups -OCH3 is 1. The summed E-state index contributed by atoms with van der Waals surface area (Å²) in [5, 5.41) is 11.8. The van der Waals surface area contributed by atoms with Crippen molar-refractivity contribution in [1.82, 2.24) is 0 Å². The number of carbonyl (C=O) groups excluding carboxylic acids is 2. The summed E-state index contributed by atoms with van der Waals surface area (Å²) < 4.78 is 5.45. The lowest BCUT2D eigenvalue weighted by molar-refractivity contribution is -0.132. The van der Waals surface area contributed by atoms with Crippen LogP contribution in [0.15, 0.2) is 66.2 Å². The Morgan fingerprint density at radius 1 is 1.00 bits per heavy atom. The van der Waals surface area contributed by atoms with Crippen molar-refractivity contribution in [1.29, 1.82) is 0 Å². The third-order valence-corrected chi connectivity index (χ3v) is 6.57. The third-order valence-electron chi connectivity index (χ3n) is 6.29. The molecule has 1 aliphatic heterocycles. The molecule has 1 aliphatic rings. The summed E-state index contributed by atoms with van der Waals surface area (Å²) in [4.78, 5) is 28.3. The summed E-state index contributed by atoms with van der Waals surface area (Å²) >= 11 is 6.37. The summed E-state index contributed by atoms with van der Waals surface area (Å²) in [6.07, 6.45) is 0. The molecule has 3 aromatic rings. The fraction of sp³-hybridized carbons (Fsp3) is 0.241. The molecule has 1 N–H and O–H groups in total. The second-order valence-corrected chi connectivity index (χ2v) is 9.56. The van der Waals surface area contributed by atoms with Gasteiger partial charge in [-0.05, 0) is 60.7 Å². The molecule has 180 valence electrons. The highest BCUT2D eigenvalue weighted by molar-refractivity contribution is 6.51. The molecular formula is C29H28ClNO4. The average Bonchev–Trinajstić information content (AvgIpc) is 3.08. The van der Waals surface area contributed by atoms with Gasteiger partial charge in [-0.2, -0.15) is 0 Å². The Kier molecular flexibility index (Phi) is 6.73. The van der Waals surface area contributed by atoms with E-state index in [1.807, 2.05) is 62.4 Å². The molecule has 6 heteroatoms. The standard InChI is InChI=1S/C29H28ClNO4/c1-16(2)19-9-11-21(12-10-19)31-25(20-8-6-7-17(3)13-20)24(27(33)29(31)34)26(32)22-14-18(4)15-23(30)28(22)35-5/h6-16,25,32H,1-5H3/b26-24+. The highest BCUT2D eigenvalue weighted by atomic mass is 35.5. The smallest absolute Gasteiger partial charge is 0.300 e. The number of aliphatic hydroxyl groups is 1. The van der Waals surface area contributed by atoms with Gasteiger partial charge in [0.05, 0.1) is 29.3 Å². The second-order valence-electron chi connectivity index (χ2n) is 9.16. The number of amides is 1. The second kappa shape index (κ2) is 9.59. The number of aliphatic hydroxyl groups excluding tert-OH is 1. The van der Waals surface area contributed by atoms with Crippen molar-refractivity contribution < 1.29 is 19.4 Å². The van der Waals surface area contributed by atoms with E-state index >= 15 is 0 Å². The van der Waals surface area contributed by atoms with E-state index in [0.717, 1.165) is 22.3 Å². The number of Topliss-reactive ketones (excluding diaryl/α,β-unsaturated/α-hetero) is 1. The van der Waals surface area contributed by atoms with Gasteiger partial charge in [-0.15, -0.1) is 0 Å². The minimum absolute atomic E-state index is 0.00602. The lowest BCUT2D eigenvalue weighted by atomic mass is 9.93. The van der Waals surface area contributed by atoms with Crippen molar-refractivity contribution in [2.45, 2.75) is 39.7 Å². The molecule has 1 saturated heterocycles. The summed E-state index contributed by atoms with van der Waals surface area (Å²) in [5.41, 5.74) is 4.43. The predicted molar refractivity (Wildman–Crippen MR) is 139 cm³/mol. The van der Waals surface area contributed by atoms with Crippen LogP contribution in [-0.2, 0) is 9.59 Å². The maximum atomic E-state index is 13.4. The van der Waals surface area contributed by atoms with E-state index in [1.54, 1.807) is 12.1 Å². The van der Waals surface area contributed by atoms with Crippen LogP contribution in [-0.4, -0.2) is 23.9 Å². The predicted octanol–water partition coefficient (Wildman–Crippen LogP) is 6.72. The van der Waals surface area contributed by atoms with Gasteiger partial charge in [-0.3, -0.25) is 14.5 Å². The number of ether oxygens (including phenoxy) is 1. The molecule has 4 rings (SSSR count). The van der Waals surface area contributed by atoms with E-state index in [9.17, 15) is 14.7 Å². The monoisotopic (exact) mass is 489 g/mol. The van der Waals surface area contributed by atoms with Gasteiger partial charge in [-0.1, -0.05) is 67.4 Å². The van der Waals surface area contributed by atoms with E-state index in [4.69, 9.17) is 16.3 Å². The van der Waals surface area contributed by atoms with Crippen LogP contribution >= 0.6 is 11.6 Å². The first-order chi connectivity index (χ1) is 16.6.